The fraction of sp³-hybridized carbons (Fsp3) is 0. The molecule has 0 spiro atoms. The van der Waals surface area contributed by atoms with E-state index in [1.54, 1.807) is 36.4 Å². The van der Waals surface area contributed by atoms with Crippen molar-refractivity contribution in [2.45, 2.75) is 0 Å². The zero-order chi connectivity index (χ0) is 11.4. The molecule has 3 heteroatoms. The van der Waals surface area contributed by atoms with Gasteiger partial charge < -0.3 is 4.74 Å². The van der Waals surface area contributed by atoms with Gasteiger partial charge in [0.25, 0.3) is 0 Å². The van der Waals surface area contributed by atoms with Gasteiger partial charge in [-0.15, -0.1) is 0 Å². The third-order valence-electron chi connectivity index (χ3n) is 2.05. The van der Waals surface area contributed by atoms with E-state index in [4.69, 9.17) is 10.00 Å². The maximum atomic E-state index is 13.6. The molecular weight excluding hydrogens is 205 g/mol. The number of halogens is 1. The molecule has 0 aliphatic carbocycles. The molecule has 2 rings (SSSR count). The van der Waals surface area contributed by atoms with E-state index in [0.717, 1.165) is 0 Å². The Kier molecular flexibility index (Phi) is 2.84. The molecule has 2 nitrogen and oxygen atoms in total. The maximum Gasteiger partial charge on any atom is 0.183 e. The first-order chi connectivity index (χ1) is 7.81. The van der Waals surface area contributed by atoms with Gasteiger partial charge in [0.05, 0.1) is 5.56 Å². The third kappa shape index (κ3) is 2.01. The van der Waals surface area contributed by atoms with Gasteiger partial charge in [-0.3, -0.25) is 0 Å². The van der Waals surface area contributed by atoms with Crippen molar-refractivity contribution in [3.05, 3.63) is 59.9 Å². The predicted octanol–water partition coefficient (Wildman–Crippen LogP) is 3.49. The second-order valence-electron chi connectivity index (χ2n) is 3.14. The molecule has 0 unspecified atom stereocenters. The van der Waals surface area contributed by atoms with Gasteiger partial charge in [0.1, 0.15) is 11.8 Å². The Labute approximate surface area is 92.5 Å². The number of benzene rings is 2. The zero-order valence-corrected chi connectivity index (χ0v) is 8.35. The van der Waals surface area contributed by atoms with Crippen LogP contribution in [0.25, 0.3) is 0 Å². The molecule has 0 saturated carbocycles. The van der Waals surface area contributed by atoms with E-state index in [2.05, 4.69) is 0 Å². The molecule has 0 heterocycles. The second-order valence-corrected chi connectivity index (χ2v) is 3.14. The van der Waals surface area contributed by atoms with Crippen LogP contribution in [0, 0.1) is 17.1 Å². The van der Waals surface area contributed by atoms with Gasteiger partial charge in [-0.2, -0.15) is 5.26 Å². The molecule has 16 heavy (non-hydrogen) atoms. The summed E-state index contributed by atoms with van der Waals surface area (Å²) < 4.78 is 18.9. The number of hydrogen-bond acceptors (Lipinski definition) is 2. The highest BCUT2D eigenvalue weighted by Crippen LogP contribution is 2.25. The molecule has 2 aromatic carbocycles. The van der Waals surface area contributed by atoms with Crippen LogP contribution in [0.4, 0.5) is 4.39 Å². The zero-order valence-electron chi connectivity index (χ0n) is 8.35. The highest BCUT2D eigenvalue weighted by atomic mass is 19.1. The van der Waals surface area contributed by atoms with E-state index in [1.807, 2.05) is 6.07 Å². The van der Waals surface area contributed by atoms with Crippen LogP contribution in [0.5, 0.6) is 11.5 Å². The Morgan fingerprint density at radius 1 is 1.00 bits per heavy atom. The van der Waals surface area contributed by atoms with Crippen molar-refractivity contribution in [3.8, 4) is 17.6 Å². The maximum absolute atomic E-state index is 13.6. The standard InChI is InChI=1S/C13H8FNO/c14-13-10(9-15)5-4-8-12(13)16-11-6-2-1-3-7-11/h1-8H. The van der Waals surface area contributed by atoms with Crippen molar-refractivity contribution in [2.75, 3.05) is 0 Å². The largest absolute Gasteiger partial charge is 0.454 e. The van der Waals surface area contributed by atoms with Gasteiger partial charge in [0.2, 0.25) is 0 Å². The molecule has 2 aromatic rings. The summed E-state index contributed by atoms with van der Waals surface area (Å²) in [6.07, 6.45) is 0. The predicted molar refractivity (Wildman–Crippen MR) is 57.6 cm³/mol. The van der Waals surface area contributed by atoms with E-state index in [-0.39, 0.29) is 11.3 Å². The molecule has 0 fully saturated rings. The molecule has 0 saturated heterocycles. The lowest BCUT2D eigenvalue weighted by molar-refractivity contribution is 0.441. The average Bonchev–Trinajstić information content (AvgIpc) is 2.33. The van der Waals surface area contributed by atoms with E-state index in [9.17, 15) is 4.39 Å². The second kappa shape index (κ2) is 4.45. The van der Waals surface area contributed by atoms with E-state index < -0.39 is 5.82 Å². The van der Waals surface area contributed by atoms with Crippen LogP contribution in [0.15, 0.2) is 48.5 Å². The lowest BCUT2D eigenvalue weighted by atomic mass is 10.2. The third-order valence-corrected chi connectivity index (χ3v) is 2.05. The normalized spacial score (nSPS) is 9.50. The van der Waals surface area contributed by atoms with E-state index >= 15 is 0 Å². The summed E-state index contributed by atoms with van der Waals surface area (Å²) in [5.74, 6) is -0.0319. The molecule has 0 N–H and O–H groups in total. The minimum atomic E-state index is -0.631. The smallest absolute Gasteiger partial charge is 0.183 e. The SMILES string of the molecule is N#Cc1cccc(Oc2ccccc2)c1F. The van der Waals surface area contributed by atoms with Crippen molar-refractivity contribution < 1.29 is 9.13 Å². The number of nitriles is 1. The van der Waals surface area contributed by atoms with Crippen LogP contribution < -0.4 is 4.74 Å². The van der Waals surface area contributed by atoms with Gasteiger partial charge in [0, 0.05) is 0 Å². The Bertz CT molecular complexity index is 531. The van der Waals surface area contributed by atoms with Crippen molar-refractivity contribution in [1.82, 2.24) is 0 Å². The van der Waals surface area contributed by atoms with Crippen LogP contribution in [0.2, 0.25) is 0 Å². The lowest BCUT2D eigenvalue weighted by Gasteiger charge is -2.06. The summed E-state index contributed by atoms with van der Waals surface area (Å²) in [6, 6.07) is 15.1. The molecule has 0 atom stereocenters. The lowest BCUT2D eigenvalue weighted by Crippen LogP contribution is -1.90. The number of rotatable bonds is 2. The first-order valence-corrected chi connectivity index (χ1v) is 4.73. The van der Waals surface area contributed by atoms with Crippen LogP contribution in [0.1, 0.15) is 5.56 Å². The summed E-state index contributed by atoms with van der Waals surface area (Å²) in [5.41, 5.74) is -0.0200. The number of hydrogen-bond donors (Lipinski definition) is 0. The topological polar surface area (TPSA) is 33.0 Å². The van der Waals surface area contributed by atoms with Gasteiger partial charge in [0.15, 0.2) is 11.6 Å². The van der Waals surface area contributed by atoms with Crippen LogP contribution in [-0.2, 0) is 0 Å². The van der Waals surface area contributed by atoms with Gasteiger partial charge >= 0.3 is 0 Å². The Morgan fingerprint density at radius 3 is 2.44 bits per heavy atom. The minimum Gasteiger partial charge on any atom is -0.454 e. The quantitative estimate of drug-likeness (QED) is 0.764. The van der Waals surface area contributed by atoms with E-state index in [1.165, 1.54) is 12.1 Å². The van der Waals surface area contributed by atoms with Crippen LogP contribution in [-0.4, -0.2) is 0 Å². The molecular formula is C13H8FNO. The van der Waals surface area contributed by atoms with E-state index in [0.29, 0.717) is 5.75 Å². The monoisotopic (exact) mass is 213 g/mol. The van der Waals surface area contributed by atoms with Gasteiger partial charge in [-0.1, -0.05) is 24.3 Å². The molecule has 0 aromatic heterocycles. The van der Waals surface area contributed by atoms with Crippen molar-refractivity contribution in [3.63, 3.8) is 0 Å². The van der Waals surface area contributed by atoms with Gasteiger partial charge in [-0.05, 0) is 24.3 Å². The minimum absolute atomic E-state index is 0.0200. The molecule has 0 bridgehead atoms. The Hall–Kier alpha value is -2.34. The summed E-state index contributed by atoms with van der Waals surface area (Å²) in [6.45, 7) is 0. The fourth-order valence-corrected chi connectivity index (χ4v) is 1.29. The van der Waals surface area contributed by atoms with Crippen molar-refractivity contribution >= 4 is 0 Å². The molecule has 0 radical (unpaired) electrons. The van der Waals surface area contributed by atoms with Crippen molar-refractivity contribution in [1.29, 1.82) is 5.26 Å². The summed E-state index contributed by atoms with van der Waals surface area (Å²) in [4.78, 5) is 0. The molecule has 0 amide bonds. The first-order valence-electron chi connectivity index (χ1n) is 4.73. The highest BCUT2D eigenvalue weighted by molar-refractivity contribution is 5.40. The van der Waals surface area contributed by atoms with Gasteiger partial charge in [-0.25, -0.2) is 4.39 Å². The number of ether oxygens (including phenoxy) is 1. The Morgan fingerprint density at radius 2 is 1.75 bits per heavy atom. The molecule has 78 valence electrons. The fourth-order valence-electron chi connectivity index (χ4n) is 1.29. The molecule has 0 aliphatic rings. The molecule has 0 aliphatic heterocycles. The number of para-hydroxylation sites is 1. The van der Waals surface area contributed by atoms with Crippen LogP contribution >= 0.6 is 0 Å². The average molecular weight is 213 g/mol. The first kappa shape index (κ1) is 10.2. The van der Waals surface area contributed by atoms with Crippen LogP contribution in [0.3, 0.4) is 0 Å². The Balaban J connectivity index is 2.33. The summed E-state index contributed by atoms with van der Waals surface area (Å²) in [5, 5.41) is 8.66. The number of nitrogens with zero attached hydrogens (tertiary/aromatic N) is 1. The summed E-state index contributed by atoms with van der Waals surface area (Å²) in [7, 11) is 0. The van der Waals surface area contributed by atoms with Crippen molar-refractivity contribution in [2.24, 2.45) is 0 Å². The summed E-state index contributed by atoms with van der Waals surface area (Å²) >= 11 is 0. The highest BCUT2D eigenvalue weighted by Gasteiger charge is 2.08.